The molecule has 0 saturated heterocycles. The number of ether oxygens (including phenoxy) is 1. The van der Waals surface area contributed by atoms with Gasteiger partial charge >= 0.3 is 0 Å². The van der Waals surface area contributed by atoms with E-state index in [2.05, 4.69) is 34.5 Å². The van der Waals surface area contributed by atoms with Crippen molar-refractivity contribution in [3.63, 3.8) is 0 Å². The summed E-state index contributed by atoms with van der Waals surface area (Å²) in [5, 5.41) is 3.85. The molecule has 1 aliphatic rings. The smallest absolute Gasteiger partial charge is 0.252 e. The first-order chi connectivity index (χ1) is 15.8. The molecule has 2 heterocycles. The summed E-state index contributed by atoms with van der Waals surface area (Å²) in [7, 11) is 0. The number of nitrogens with zero attached hydrogens (tertiary/aromatic N) is 2. The molecule has 5 heteroatoms. The molecule has 1 aromatic heterocycles. The number of rotatable bonds is 6. The van der Waals surface area contributed by atoms with Crippen LogP contribution in [0.1, 0.15) is 21.5 Å². The number of fused-ring (bicyclic) bond motifs is 2. The first-order valence-corrected chi connectivity index (χ1v) is 11.0. The number of carbonyl (C=O) groups excluding carboxylic acids is 1. The summed E-state index contributed by atoms with van der Waals surface area (Å²) in [4.78, 5) is 20.2. The summed E-state index contributed by atoms with van der Waals surface area (Å²) >= 11 is 0. The third-order valence-corrected chi connectivity index (χ3v) is 5.80. The number of hydrogen-bond acceptors (Lipinski definition) is 4. The number of anilines is 1. The first-order valence-electron chi connectivity index (χ1n) is 11.0. The molecule has 32 heavy (non-hydrogen) atoms. The Bertz CT molecular complexity index is 1240. The lowest BCUT2D eigenvalue weighted by Crippen LogP contribution is -2.32. The van der Waals surface area contributed by atoms with Gasteiger partial charge in [-0.3, -0.25) is 4.79 Å². The average molecular weight is 424 g/mol. The van der Waals surface area contributed by atoms with E-state index in [1.165, 1.54) is 11.1 Å². The van der Waals surface area contributed by atoms with Gasteiger partial charge in [0, 0.05) is 18.5 Å². The van der Waals surface area contributed by atoms with Crippen molar-refractivity contribution in [2.24, 2.45) is 0 Å². The van der Waals surface area contributed by atoms with Crippen molar-refractivity contribution in [2.45, 2.75) is 13.0 Å². The molecular formula is C27H25N3O2. The van der Waals surface area contributed by atoms with Crippen LogP contribution in [0.3, 0.4) is 0 Å². The van der Waals surface area contributed by atoms with Crippen LogP contribution in [0.4, 0.5) is 5.82 Å². The van der Waals surface area contributed by atoms with Crippen LogP contribution >= 0.6 is 0 Å². The lowest BCUT2D eigenvalue weighted by atomic mass is 9.99. The van der Waals surface area contributed by atoms with Crippen molar-refractivity contribution in [1.82, 2.24) is 10.3 Å². The molecule has 3 aromatic carbocycles. The Kier molecular flexibility index (Phi) is 5.71. The SMILES string of the molecule is O=C(NCCOc1ccccc1)c1cc(N2CCc3ccccc3C2)nc2ccccc12. The lowest BCUT2D eigenvalue weighted by Gasteiger charge is -2.30. The Morgan fingerprint density at radius 1 is 0.938 bits per heavy atom. The monoisotopic (exact) mass is 423 g/mol. The summed E-state index contributed by atoms with van der Waals surface area (Å²) in [5.41, 5.74) is 4.18. The van der Waals surface area contributed by atoms with E-state index >= 15 is 0 Å². The van der Waals surface area contributed by atoms with Gasteiger partial charge in [-0.1, -0.05) is 60.7 Å². The zero-order valence-corrected chi connectivity index (χ0v) is 17.8. The molecule has 5 rings (SSSR count). The molecule has 0 aliphatic carbocycles. The molecule has 4 aromatic rings. The predicted octanol–water partition coefficient (Wildman–Crippen LogP) is 4.61. The molecule has 1 aliphatic heterocycles. The highest BCUT2D eigenvalue weighted by atomic mass is 16.5. The number of carbonyl (C=O) groups is 1. The van der Waals surface area contributed by atoms with E-state index in [1.54, 1.807) is 0 Å². The molecular weight excluding hydrogens is 398 g/mol. The lowest BCUT2D eigenvalue weighted by molar-refractivity contribution is 0.0948. The molecule has 1 N–H and O–H groups in total. The van der Waals surface area contributed by atoms with Crippen LogP contribution in [0.15, 0.2) is 84.9 Å². The Labute approximate surface area is 187 Å². The minimum atomic E-state index is -0.112. The van der Waals surface area contributed by atoms with Crippen LogP contribution in [0.2, 0.25) is 0 Å². The second-order valence-corrected chi connectivity index (χ2v) is 7.90. The van der Waals surface area contributed by atoms with Crippen molar-refractivity contribution >= 4 is 22.6 Å². The third-order valence-electron chi connectivity index (χ3n) is 5.80. The third kappa shape index (κ3) is 4.28. The fraction of sp³-hybridized carbons (Fsp3) is 0.185. The molecule has 0 radical (unpaired) electrons. The Hall–Kier alpha value is -3.86. The van der Waals surface area contributed by atoms with Gasteiger partial charge < -0.3 is 15.0 Å². The average Bonchev–Trinajstić information content (AvgIpc) is 2.86. The van der Waals surface area contributed by atoms with Crippen LogP contribution in [0.25, 0.3) is 10.9 Å². The molecule has 0 bridgehead atoms. The number of aromatic nitrogens is 1. The summed E-state index contributed by atoms with van der Waals surface area (Å²) in [6, 6.07) is 27.9. The van der Waals surface area contributed by atoms with Crippen LogP contribution in [-0.4, -0.2) is 30.6 Å². The largest absolute Gasteiger partial charge is 0.492 e. The maximum Gasteiger partial charge on any atom is 0.252 e. The van der Waals surface area contributed by atoms with Gasteiger partial charge in [0.15, 0.2) is 0 Å². The van der Waals surface area contributed by atoms with E-state index < -0.39 is 0 Å². The van der Waals surface area contributed by atoms with E-state index in [4.69, 9.17) is 9.72 Å². The van der Waals surface area contributed by atoms with Crippen molar-refractivity contribution in [3.8, 4) is 5.75 Å². The van der Waals surface area contributed by atoms with E-state index in [1.807, 2.05) is 60.7 Å². The molecule has 0 unspecified atom stereocenters. The maximum atomic E-state index is 13.1. The molecule has 0 fully saturated rings. The highest BCUT2D eigenvalue weighted by molar-refractivity contribution is 6.07. The number of amides is 1. The number of nitrogens with one attached hydrogen (secondary N) is 1. The van der Waals surface area contributed by atoms with Gasteiger partial charge in [-0.05, 0) is 41.8 Å². The van der Waals surface area contributed by atoms with Gasteiger partial charge in [0.2, 0.25) is 0 Å². The fourth-order valence-electron chi connectivity index (χ4n) is 4.15. The number of pyridine rings is 1. The molecule has 0 saturated carbocycles. The highest BCUT2D eigenvalue weighted by Gasteiger charge is 2.20. The van der Waals surface area contributed by atoms with E-state index in [0.29, 0.717) is 18.7 Å². The maximum absolute atomic E-state index is 13.1. The second kappa shape index (κ2) is 9.10. The van der Waals surface area contributed by atoms with Crippen molar-refractivity contribution in [3.05, 3.63) is 102 Å². The number of hydrogen-bond donors (Lipinski definition) is 1. The predicted molar refractivity (Wildman–Crippen MR) is 127 cm³/mol. The van der Waals surface area contributed by atoms with Crippen molar-refractivity contribution < 1.29 is 9.53 Å². The van der Waals surface area contributed by atoms with Crippen LogP contribution < -0.4 is 15.0 Å². The van der Waals surface area contributed by atoms with E-state index in [0.717, 1.165) is 42.0 Å². The number of para-hydroxylation sites is 2. The minimum absolute atomic E-state index is 0.112. The highest BCUT2D eigenvalue weighted by Crippen LogP contribution is 2.27. The summed E-state index contributed by atoms with van der Waals surface area (Å²) in [6.45, 7) is 2.52. The summed E-state index contributed by atoms with van der Waals surface area (Å²) in [6.07, 6.45) is 0.975. The number of benzene rings is 3. The molecule has 1 amide bonds. The van der Waals surface area contributed by atoms with Crippen LogP contribution in [0, 0.1) is 0 Å². The van der Waals surface area contributed by atoms with E-state index in [9.17, 15) is 4.79 Å². The van der Waals surface area contributed by atoms with Crippen molar-refractivity contribution in [2.75, 3.05) is 24.6 Å². The van der Waals surface area contributed by atoms with Gasteiger partial charge in [-0.2, -0.15) is 0 Å². The molecule has 160 valence electrons. The van der Waals surface area contributed by atoms with Gasteiger partial charge in [0.1, 0.15) is 18.2 Å². The Morgan fingerprint density at radius 2 is 1.69 bits per heavy atom. The summed E-state index contributed by atoms with van der Waals surface area (Å²) < 4.78 is 5.70. The van der Waals surface area contributed by atoms with Gasteiger partial charge in [0.05, 0.1) is 17.6 Å². The Balaban J connectivity index is 1.35. The van der Waals surface area contributed by atoms with Crippen molar-refractivity contribution in [1.29, 1.82) is 0 Å². The fourth-order valence-corrected chi connectivity index (χ4v) is 4.15. The molecule has 5 nitrogen and oxygen atoms in total. The van der Waals surface area contributed by atoms with Gasteiger partial charge in [0.25, 0.3) is 5.91 Å². The van der Waals surface area contributed by atoms with Gasteiger partial charge in [-0.15, -0.1) is 0 Å². The zero-order valence-electron chi connectivity index (χ0n) is 17.8. The molecule has 0 atom stereocenters. The first kappa shape index (κ1) is 20.1. The summed E-state index contributed by atoms with van der Waals surface area (Å²) in [5.74, 6) is 1.52. The minimum Gasteiger partial charge on any atom is -0.492 e. The molecule has 0 spiro atoms. The standard InChI is InChI=1S/C27H25N3O2/c31-27(28-15-17-32-22-10-2-1-3-11-22)24-18-26(29-25-13-7-6-12-23(24)25)30-16-14-20-8-4-5-9-21(20)19-30/h1-13,18H,14-17,19H2,(H,28,31). The zero-order chi connectivity index (χ0) is 21.8. The van der Waals surface area contributed by atoms with E-state index in [-0.39, 0.29) is 5.91 Å². The van der Waals surface area contributed by atoms with Crippen LogP contribution in [-0.2, 0) is 13.0 Å². The van der Waals surface area contributed by atoms with Crippen LogP contribution in [0.5, 0.6) is 5.75 Å². The quantitative estimate of drug-likeness (QED) is 0.460. The van der Waals surface area contributed by atoms with Gasteiger partial charge in [-0.25, -0.2) is 4.98 Å². The second-order valence-electron chi connectivity index (χ2n) is 7.90. The Morgan fingerprint density at radius 3 is 2.56 bits per heavy atom. The normalized spacial score (nSPS) is 12.9. The topological polar surface area (TPSA) is 54.5 Å².